The predicted octanol–water partition coefficient (Wildman–Crippen LogP) is 3.15. The third-order valence-electron chi connectivity index (χ3n) is 3.58. The molecular formula is C18H17N3O4S2. The van der Waals surface area contributed by atoms with E-state index in [2.05, 4.69) is 5.32 Å². The number of carbonyl (C=O) groups excluding carboxylic acids is 3. The molecule has 0 radical (unpaired) electrons. The number of hydrogen-bond acceptors (Lipinski definition) is 7. The molecule has 0 saturated heterocycles. The maximum absolute atomic E-state index is 12.5. The van der Waals surface area contributed by atoms with E-state index in [1.807, 2.05) is 11.4 Å². The van der Waals surface area contributed by atoms with Gasteiger partial charge in [-0.05, 0) is 41.0 Å². The van der Waals surface area contributed by atoms with E-state index in [1.54, 1.807) is 32.5 Å². The molecule has 2 aromatic heterocycles. The first kappa shape index (κ1) is 20.4. The largest absolute Gasteiger partial charge is 0.465 e. The van der Waals surface area contributed by atoms with Crippen molar-refractivity contribution in [3.63, 3.8) is 0 Å². The molecule has 140 valence electrons. The van der Waals surface area contributed by atoms with E-state index in [4.69, 9.17) is 4.74 Å². The zero-order chi connectivity index (χ0) is 20.1. The van der Waals surface area contributed by atoms with Crippen LogP contribution in [0.4, 0.5) is 5.00 Å². The smallest absolute Gasteiger partial charge is 0.341 e. The van der Waals surface area contributed by atoms with E-state index < -0.39 is 11.9 Å². The van der Waals surface area contributed by atoms with Gasteiger partial charge in [0.25, 0.3) is 11.8 Å². The number of hydrogen-bond donors (Lipinski definition) is 1. The molecule has 0 spiro atoms. The molecule has 2 heterocycles. The highest BCUT2D eigenvalue weighted by Gasteiger charge is 2.27. The van der Waals surface area contributed by atoms with Crippen molar-refractivity contribution in [2.24, 2.45) is 0 Å². The van der Waals surface area contributed by atoms with Crippen LogP contribution in [0.25, 0.3) is 6.08 Å². The zero-order valence-corrected chi connectivity index (χ0v) is 16.8. The Labute approximate surface area is 164 Å². The number of nitriles is 1. The van der Waals surface area contributed by atoms with Crippen LogP contribution in [0.15, 0.2) is 22.4 Å². The molecule has 0 aromatic carbocycles. The van der Waals surface area contributed by atoms with E-state index in [-0.39, 0.29) is 22.0 Å². The molecule has 2 rings (SSSR count). The highest BCUT2D eigenvalue weighted by atomic mass is 32.1. The molecule has 0 atom stereocenters. The fourth-order valence-electron chi connectivity index (χ4n) is 2.20. The van der Waals surface area contributed by atoms with Crippen molar-refractivity contribution in [1.82, 2.24) is 4.90 Å². The van der Waals surface area contributed by atoms with Gasteiger partial charge in [0.2, 0.25) is 0 Å². The Kier molecular flexibility index (Phi) is 6.50. The van der Waals surface area contributed by atoms with Crippen molar-refractivity contribution >= 4 is 51.5 Å². The Balaban J connectivity index is 2.43. The van der Waals surface area contributed by atoms with Gasteiger partial charge in [0.1, 0.15) is 16.6 Å². The van der Waals surface area contributed by atoms with Gasteiger partial charge in [-0.2, -0.15) is 16.6 Å². The Bertz CT molecular complexity index is 950. The number of ether oxygens (including phenoxy) is 1. The number of amides is 2. The molecule has 9 heteroatoms. The van der Waals surface area contributed by atoms with Gasteiger partial charge in [-0.25, -0.2) is 4.79 Å². The molecule has 0 unspecified atom stereocenters. The van der Waals surface area contributed by atoms with Crippen LogP contribution in [0, 0.1) is 18.3 Å². The minimum atomic E-state index is -0.669. The fraction of sp³-hybridized carbons (Fsp3) is 0.222. The second-order valence-corrected chi connectivity index (χ2v) is 7.43. The number of nitrogens with zero attached hydrogens (tertiary/aromatic N) is 2. The van der Waals surface area contributed by atoms with Crippen LogP contribution < -0.4 is 5.32 Å². The lowest BCUT2D eigenvalue weighted by Gasteiger charge is -2.08. The minimum Gasteiger partial charge on any atom is -0.465 e. The van der Waals surface area contributed by atoms with Gasteiger partial charge in [0, 0.05) is 14.1 Å². The maximum Gasteiger partial charge on any atom is 0.341 e. The average Bonchev–Trinajstić information content (AvgIpc) is 3.26. The molecule has 27 heavy (non-hydrogen) atoms. The summed E-state index contributed by atoms with van der Waals surface area (Å²) in [5.41, 5.74) is 1.14. The number of methoxy groups -OCH3 is 1. The third kappa shape index (κ3) is 4.42. The highest BCUT2D eigenvalue weighted by molar-refractivity contribution is 7.18. The minimum absolute atomic E-state index is 0.105. The van der Waals surface area contributed by atoms with Gasteiger partial charge in [0.05, 0.1) is 17.6 Å². The number of carbonyl (C=O) groups is 3. The van der Waals surface area contributed by atoms with E-state index in [1.165, 1.54) is 29.4 Å². The number of nitrogens with one attached hydrogen (secondary N) is 1. The van der Waals surface area contributed by atoms with Crippen LogP contribution in [0.3, 0.4) is 0 Å². The van der Waals surface area contributed by atoms with Gasteiger partial charge in [-0.1, -0.05) is 0 Å². The summed E-state index contributed by atoms with van der Waals surface area (Å²) in [5, 5.41) is 15.7. The Morgan fingerprint density at radius 3 is 2.56 bits per heavy atom. The number of anilines is 1. The van der Waals surface area contributed by atoms with Crippen LogP contribution in [-0.4, -0.2) is 43.9 Å². The zero-order valence-electron chi connectivity index (χ0n) is 15.2. The summed E-state index contributed by atoms with van der Waals surface area (Å²) >= 11 is 2.41. The quantitative estimate of drug-likeness (QED) is 0.470. The van der Waals surface area contributed by atoms with Crippen LogP contribution >= 0.6 is 22.7 Å². The van der Waals surface area contributed by atoms with Crippen molar-refractivity contribution in [3.05, 3.63) is 44.0 Å². The van der Waals surface area contributed by atoms with Crippen molar-refractivity contribution in [2.75, 3.05) is 26.5 Å². The fourth-order valence-corrected chi connectivity index (χ4v) is 4.03. The van der Waals surface area contributed by atoms with E-state index in [0.717, 1.165) is 16.9 Å². The second kappa shape index (κ2) is 8.62. The Morgan fingerprint density at radius 1 is 1.33 bits per heavy atom. The summed E-state index contributed by atoms with van der Waals surface area (Å²) in [6.45, 7) is 1.61. The topological polar surface area (TPSA) is 99.5 Å². The lowest BCUT2D eigenvalue weighted by atomic mass is 10.1. The molecule has 7 nitrogen and oxygen atoms in total. The lowest BCUT2D eigenvalue weighted by Crippen LogP contribution is -2.21. The Morgan fingerprint density at radius 2 is 2.04 bits per heavy atom. The number of esters is 1. The first-order valence-corrected chi connectivity index (χ1v) is 9.44. The lowest BCUT2D eigenvalue weighted by molar-refractivity contribution is -0.112. The van der Waals surface area contributed by atoms with Gasteiger partial charge < -0.3 is 15.0 Å². The van der Waals surface area contributed by atoms with Crippen LogP contribution in [0.2, 0.25) is 0 Å². The molecule has 2 aromatic rings. The maximum atomic E-state index is 12.5. The molecule has 0 aliphatic carbocycles. The molecule has 1 N–H and O–H groups in total. The summed E-state index contributed by atoms with van der Waals surface area (Å²) in [5.74, 6) is -1.63. The summed E-state index contributed by atoms with van der Waals surface area (Å²) < 4.78 is 4.78. The van der Waals surface area contributed by atoms with Crippen LogP contribution in [0.5, 0.6) is 0 Å². The van der Waals surface area contributed by atoms with Crippen molar-refractivity contribution in [3.8, 4) is 6.07 Å². The van der Waals surface area contributed by atoms with Gasteiger partial charge in [-0.15, -0.1) is 11.3 Å². The predicted molar refractivity (Wildman–Crippen MR) is 105 cm³/mol. The number of thiophene rings is 2. The van der Waals surface area contributed by atoms with Crippen molar-refractivity contribution in [1.29, 1.82) is 5.26 Å². The summed E-state index contributed by atoms with van der Waals surface area (Å²) in [4.78, 5) is 38.7. The molecule has 0 bridgehead atoms. The van der Waals surface area contributed by atoms with Crippen molar-refractivity contribution in [2.45, 2.75) is 6.92 Å². The molecule has 0 fully saturated rings. The van der Waals surface area contributed by atoms with Gasteiger partial charge in [0.15, 0.2) is 0 Å². The summed E-state index contributed by atoms with van der Waals surface area (Å²) in [6.07, 6.45) is 1.45. The van der Waals surface area contributed by atoms with E-state index in [9.17, 15) is 19.6 Å². The van der Waals surface area contributed by atoms with Crippen LogP contribution in [-0.2, 0) is 9.53 Å². The highest BCUT2D eigenvalue weighted by Crippen LogP contribution is 2.34. The normalized spacial score (nSPS) is 10.9. The Hall–Kier alpha value is -2.96. The van der Waals surface area contributed by atoms with E-state index >= 15 is 0 Å². The standard InChI is InChI=1S/C18H17N3O4S2/c1-10-13(18(24)25-4)16(27-14(10)17(23)21(2)3)20-15(22)12(8-19)7-11-5-6-26-9-11/h5-7,9H,1-4H3,(H,20,22)/b12-7+. The third-order valence-corrected chi connectivity index (χ3v) is 5.48. The van der Waals surface area contributed by atoms with Gasteiger partial charge in [-0.3, -0.25) is 9.59 Å². The molecular weight excluding hydrogens is 386 g/mol. The van der Waals surface area contributed by atoms with Crippen LogP contribution in [0.1, 0.15) is 31.2 Å². The second-order valence-electron chi connectivity index (χ2n) is 5.63. The average molecular weight is 403 g/mol. The number of rotatable bonds is 5. The first-order chi connectivity index (χ1) is 12.8. The molecule has 0 aliphatic rings. The molecule has 0 saturated carbocycles. The SMILES string of the molecule is COC(=O)c1c(NC(=O)/C(C#N)=C/c2ccsc2)sc(C(=O)N(C)C)c1C. The molecule has 0 aliphatic heterocycles. The summed E-state index contributed by atoms with van der Waals surface area (Å²) in [7, 11) is 4.40. The van der Waals surface area contributed by atoms with Crippen molar-refractivity contribution < 1.29 is 19.1 Å². The first-order valence-electron chi connectivity index (χ1n) is 7.68. The molecule has 2 amide bonds. The summed E-state index contributed by atoms with van der Waals surface area (Å²) in [6, 6.07) is 3.63. The monoisotopic (exact) mass is 403 g/mol. The van der Waals surface area contributed by atoms with E-state index in [0.29, 0.717) is 10.4 Å². The van der Waals surface area contributed by atoms with Gasteiger partial charge >= 0.3 is 5.97 Å².